The van der Waals surface area contributed by atoms with Gasteiger partial charge in [-0.05, 0) is 93.3 Å². The largest absolute Gasteiger partial charge is 0.370 e. The van der Waals surface area contributed by atoms with Crippen molar-refractivity contribution >= 4 is 11.9 Å². The number of nitrogens with two attached hydrogens (primary N) is 3. The molecule has 5 fully saturated rings. The lowest BCUT2D eigenvalue weighted by atomic mass is 9.77. The van der Waals surface area contributed by atoms with E-state index in [1.807, 2.05) is 0 Å². The Morgan fingerprint density at radius 2 is 1.25 bits per heavy atom. The minimum Gasteiger partial charge on any atom is -0.370 e. The van der Waals surface area contributed by atoms with Gasteiger partial charge in [0.05, 0.1) is 12.2 Å². The van der Waals surface area contributed by atoms with E-state index in [-0.39, 0.29) is 24.4 Å². The van der Waals surface area contributed by atoms with Gasteiger partial charge in [0.15, 0.2) is 11.9 Å². The molecule has 2 aliphatic heterocycles. The van der Waals surface area contributed by atoms with Crippen LogP contribution in [0.5, 0.6) is 0 Å². The normalized spacial score (nSPS) is 40.5. The fraction of sp³-hybridized carbons (Fsp3) is 0.933. The van der Waals surface area contributed by atoms with E-state index < -0.39 is 0 Å². The van der Waals surface area contributed by atoms with Crippen molar-refractivity contribution in [3.05, 3.63) is 0 Å². The van der Waals surface area contributed by atoms with Crippen LogP contribution < -0.4 is 33.2 Å². The van der Waals surface area contributed by atoms with Crippen LogP contribution in [0, 0.1) is 40.9 Å². The van der Waals surface area contributed by atoms with Gasteiger partial charge in [-0.1, -0.05) is 32.1 Å². The van der Waals surface area contributed by atoms with Gasteiger partial charge < -0.3 is 32.0 Å². The Kier molecular flexibility index (Phi) is 10.8. The minimum atomic E-state index is 0.0802. The quantitative estimate of drug-likeness (QED) is 0.158. The molecular weight excluding hydrogens is 504 g/mol. The molecule has 40 heavy (non-hydrogen) atoms. The van der Waals surface area contributed by atoms with Gasteiger partial charge in [-0.2, -0.15) is 0 Å². The summed E-state index contributed by atoms with van der Waals surface area (Å²) in [4.78, 5) is 4.21. The van der Waals surface area contributed by atoms with Crippen LogP contribution in [0.1, 0.15) is 89.9 Å². The van der Waals surface area contributed by atoms with Crippen LogP contribution >= 0.6 is 0 Å². The van der Waals surface area contributed by atoms with Crippen molar-refractivity contribution in [2.24, 2.45) is 57.7 Å². The summed E-state index contributed by atoms with van der Waals surface area (Å²) in [7, 11) is 0. The van der Waals surface area contributed by atoms with E-state index in [4.69, 9.17) is 32.1 Å². The lowest BCUT2D eigenvalue weighted by Gasteiger charge is -2.37. The minimum absolute atomic E-state index is 0.0802. The molecule has 0 aromatic heterocycles. The van der Waals surface area contributed by atoms with Gasteiger partial charge in [-0.3, -0.25) is 21.0 Å². The predicted molar refractivity (Wildman–Crippen MR) is 159 cm³/mol. The van der Waals surface area contributed by atoms with Crippen LogP contribution in [0.3, 0.4) is 0 Å². The molecule has 10 atom stereocenters. The smallest absolute Gasteiger partial charge is 0.185 e. The van der Waals surface area contributed by atoms with Gasteiger partial charge in [0.1, 0.15) is 12.5 Å². The van der Waals surface area contributed by atoms with Crippen LogP contribution in [0.2, 0.25) is 0 Å². The number of hydrogen-bond donors (Lipinski definition) is 7. The number of nitrogens with one attached hydrogen (secondary N) is 4. The Labute approximate surface area is 241 Å². The highest BCUT2D eigenvalue weighted by Crippen LogP contribution is 2.41. The zero-order valence-corrected chi connectivity index (χ0v) is 24.5. The third-order valence-electron chi connectivity index (χ3n) is 10.7. The van der Waals surface area contributed by atoms with Crippen LogP contribution in [-0.4, -0.2) is 62.8 Å². The molecule has 0 aromatic rings. The molecule has 0 spiro atoms. The molecule has 228 valence electrons. The number of ether oxygens (including phenoxy) is 2. The molecular formula is C30H56N8O2. The SMILES string of the molecule is N=C(N)NCCC1CCCC(C2CNC(C3CCCC(C4NCC(C5CCCC(CCN=C(N)N)C5)O4)C3)O2)C1. The van der Waals surface area contributed by atoms with Gasteiger partial charge >= 0.3 is 0 Å². The second kappa shape index (κ2) is 14.5. The van der Waals surface area contributed by atoms with Crippen molar-refractivity contribution in [2.45, 2.75) is 115 Å². The van der Waals surface area contributed by atoms with Crippen LogP contribution in [0.4, 0.5) is 0 Å². The highest BCUT2D eigenvalue weighted by molar-refractivity contribution is 5.75. The molecule has 10 unspecified atom stereocenters. The zero-order valence-electron chi connectivity index (χ0n) is 24.5. The molecule has 10 heteroatoms. The Morgan fingerprint density at radius 1 is 0.725 bits per heavy atom. The third-order valence-corrected chi connectivity index (χ3v) is 10.7. The number of nitrogens with zero attached hydrogens (tertiary/aromatic N) is 1. The summed E-state index contributed by atoms with van der Waals surface area (Å²) in [6, 6.07) is 0. The maximum atomic E-state index is 7.39. The Bertz CT molecular complexity index is 839. The zero-order chi connectivity index (χ0) is 27.9. The van der Waals surface area contributed by atoms with E-state index in [9.17, 15) is 0 Å². The van der Waals surface area contributed by atoms with Crippen molar-refractivity contribution < 1.29 is 9.47 Å². The average molecular weight is 561 g/mol. The molecule has 2 heterocycles. The molecule has 10 N–H and O–H groups in total. The molecule has 3 saturated carbocycles. The van der Waals surface area contributed by atoms with E-state index in [2.05, 4.69) is 20.9 Å². The maximum Gasteiger partial charge on any atom is 0.185 e. The summed E-state index contributed by atoms with van der Waals surface area (Å²) in [6.45, 7) is 3.53. The number of aliphatic imine (C=N–C) groups is 1. The monoisotopic (exact) mass is 560 g/mol. The third kappa shape index (κ3) is 8.23. The fourth-order valence-electron chi connectivity index (χ4n) is 8.61. The highest BCUT2D eigenvalue weighted by Gasteiger charge is 2.42. The van der Waals surface area contributed by atoms with Gasteiger partial charge in [0.25, 0.3) is 0 Å². The second-order valence-corrected chi connectivity index (χ2v) is 13.5. The van der Waals surface area contributed by atoms with Gasteiger partial charge in [-0.15, -0.1) is 0 Å². The fourth-order valence-corrected chi connectivity index (χ4v) is 8.61. The Morgan fingerprint density at radius 3 is 1.80 bits per heavy atom. The molecule has 0 radical (unpaired) electrons. The Hall–Kier alpha value is -1.62. The summed E-state index contributed by atoms with van der Waals surface area (Å²) < 4.78 is 13.5. The molecule has 5 aliphatic rings. The number of rotatable bonds is 10. The topological polar surface area (TPSA) is 169 Å². The first kappa shape index (κ1) is 29.9. The summed E-state index contributed by atoms with van der Waals surface area (Å²) in [6.07, 6.45) is 18.4. The average Bonchev–Trinajstić information content (AvgIpc) is 3.64. The Balaban J connectivity index is 1.05. The van der Waals surface area contributed by atoms with Crippen molar-refractivity contribution in [3.63, 3.8) is 0 Å². The van der Waals surface area contributed by atoms with E-state index in [0.29, 0.717) is 47.7 Å². The van der Waals surface area contributed by atoms with Crippen molar-refractivity contribution in [1.29, 1.82) is 5.41 Å². The van der Waals surface area contributed by atoms with Crippen LogP contribution in [-0.2, 0) is 9.47 Å². The molecule has 3 aliphatic carbocycles. The van der Waals surface area contributed by atoms with E-state index in [1.54, 1.807) is 0 Å². The second-order valence-electron chi connectivity index (χ2n) is 13.5. The van der Waals surface area contributed by atoms with Gasteiger partial charge in [-0.25, -0.2) is 0 Å². The molecule has 10 nitrogen and oxygen atoms in total. The predicted octanol–water partition coefficient (Wildman–Crippen LogP) is 2.57. The summed E-state index contributed by atoms with van der Waals surface area (Å²) in [5.41, 5.74) is 16.5. The first-order valence-electron chi connectivity index (χ1n) is 16.4. The van der Waals surface area contributed by atoms with Crippen molar-refractivity contribution in [2.75, 3.05) is 26.2 Å². The van der Waals surface area contributed by atoms with E-state index >= 15 is 0 Å². The molecule has 0 bridgehead atoms. The first-order chi connectivity index (χ1) is 19.4. The summed E-state index contributed by atoms with van der Waals surface area (Å²) in [5.74, 6) is 4.14. The van der Waals surface area contributed by atoms with E-state index in [0.717, 1.165) is 39.0 Å². The van der Waals surface area contributed by atoms with Crippen molar-refractivity contribution in [1.82, 2.24) is 16.0 Å². The van der Waals surface area contributed by atoms with Crippen LogP contribution in [0.15, 0.2) is 4.99 Å². The van der Waals surface area contributed by atoms with E-state index in [1.165, 1.54) is 77.0 Å². The number of hydrogen-bond acceptors (Lipinski definition) is 6. The standard InChI is InChI=1S/C30H56N8O2/c31-29(32)35-12-10-19-4-1-6-21(14-19)25-17-37-27(39-25)23-8-3-9-24(16-23)28-38-18-26(40-28)22-7-2-5-20(15-22)11-13-36-30(33)34/h19-28,37-38H,1-18H2,(H4,31,32,35)(H4,33,34,36). The van der Waals surface area contributed by atoms with Crippen LogP contribution in [0.25, 0.3) is 0 Å². The lowest BCUT2D eigenvalue weighted by molar-refractivity contribution is -0.0699. The molecule has 0 aromatic carbocycles. The molecule has 0 amide bonds. The summed E-state index contributed by atoms with van der Waals surface area (Å²) >= 11 is 0. The maximum absolute atomic E-state index is 7.39. The van der Waals surface area contributed by atoms with Gasteiger partial charge in [0, 0.05) is 26.2 Å². The number of guanidine groups is 2. The summed E-state index contributed by atoms with van der Waals surface area (Å²) in [5, 5.41) is 17.9. The molecule has 2 saturated heterocycles. The van der Waals surface area contributed by atoms with Crippen molar-refractivity contribution in [3.8, 4) is 0 Å². The first-order valence-corrected chi connectivity index (χ1v) is 16.4. The highest BCUT2D eigenvalue weighted by atomic mass is 16.5. The van der Waals surface area contributed by atoms with Gasteiger partial charge in [0.2, 0.25) is 0 Å². The molecule has 5 rings (SSSR count). The lowest BCUT2D eigenvalue weighted by Crippen LogP contribution is -2.40.